The van der Waals surface area contributed by atoms with Crippen LogP contribution in [-0.2, 0) is 9.84 Å². The van der Waals surface area contributed by atoms with Crippen LogP contribution in [0.5, 0.6) is 0 Å². The molecule has 0 aliphatic rings. The normalized spacial score (nSPS) is 14.8. The molecular weight excluding hydrogens is 252 g/mol. The molecule has 1 aromatic carbocycles. The zero-order chi connectivity index (χ0) is 12.3. The Labute approximate surface area is 98.2 Å². The molecule has 0 aromatic heterocycles. The average molecular weight is 263 g/mol. The van der Waals surface area contributed by atoms with Crippen LogP contribution in [0.4, 0.5) is 0 Å². The second kappa shape index (κ2) is 4.84. The third kappa shape index (κ3) is 2.53. The van der Waals surface area contributed by atoms with Crippen molar-refractivity contribution in [1.29, 1.82) is 0 Å². The van der Waals surface area contributed by atoms with E-state index in [1.54, 1.807) is 0 Å². The van der Waals surface area contributed by atoms with E-state index in [2.05, 4.69) is 0 Å². The van der Waals surface area contributed by atoms with Crippen molar-refractivity contribution in [1.82, 2.24) is 0 Å². The Bertz CT molecular complexity index is 494. The molecule has 0 fully saturated rings. The molecule has 0 saturated heterocycles. The zero-order valence-electron chi connectivity index (χ0n) is 8.17. The SMILES string of the molecule is N/C=C(\[C@H](N)O)S(=O)(=O)c1ccc(Cl)cc1. The van der Waals surface area contributed by atoms with Gasteiger partial charge in [-0.3, -0.25) is 0 Å². The smallest absolute Gasteiger partial charge is 0.208 e. The summed E-state index contributed by atoms with van der Waals surface area (Å²) >= 11 is 5.63. The lowest BCUT2D eigenvalue weighted by atomic mass is 10.4. The summed E-state index contributed by atoms with van der Waals surface area (Å²) in [7, 11) is -3.86. The highest BCUT2D eigenvalue weighted by atomic mass is 35.5. The van der Waals surface area contributed by atoms with Crippen molar-refractivity contribution in [2.24, 2.45) is 11.5 Å². The number of sulfone groups is 1. The molecule has 1 rings (SSSR count). The molecule has 0 saturated carbocycles. The van der Waals surface area contributed by atoms with Gasteiger partial charge in [-0.15, -0.1) is 0 Å². The third-order valence-corrected chi connectivity index (χ3v) is 4.03. The van der Waals surface area contributed by atoms with E-state index in [-0.39, 0.29) is 4.90 Å². The number of halogens is 1. The van der Waals surface area contributed by atoms with Crippen molar-refractivity contribution in [3.8, 4) is 0 Å². The van der Waals surface area contributed by atoms with Crippen molar-refractivity contribution in [3.63, 3.8) is 0 Å². The van der Waals surface area contributed by atoms with Gasteiger partial charge in [-0.05, 0) is 24.3 Å². The van der Waals surface area contributed by atoms with Gasteiger partial charge in [0.25, 0.3) is 0 Å². The fraction of sp³-hybridized carbons (Fsp3) is 0.111. The van der Waals surface area contributed by atoms with Gasteiger partial charge in [0.2, 0.25) is 9.84 Å². The predicted octanol–water partition coefficient (Wildman–Crippen LogP) is 0.191. The highest BCUT2D eigenvalue weighted by molar-refractivity contribution is 7.95. The summed E-state index contributed by atoms with van der Waals surface area (Å²) in [5, 5.41) is 9.50. The van der Waals surface area contributed by atoms with Crippen molar-refractivity contribution < 1.29 is 13.5 Å². The van der Waals surface area contributed by atoms with Gasteiger partial charge in [0, 0.05) is 11.2 Å². The lowest BCUT2D eigenvalue weighted by Crippen LogP contribution is -2.27. The second-order valence-electron chi connectivity index (χ2n) is 2.97. The van der Waals surface area contributed by atoms with Crippen LogP contribution < -0.4 is 11.5 Å². The molecule has 0 amide bonds. The molecule has 5 N–H and O–H groups in total. The third-order valence-electron chi connectivity index (χ3n) is 1.89. The van der Waals surface area contributed by atoms with Gasteiger partial charge in [0.1, 0.15) is 11.1 Å². The first-order valence-corrected chi connectivity index (χ1v) is 6.12. The predicted molar refractivity (Wildman–Crippen MR) is 61.1 cm³/mol. The van der Waals surface area contributed by atoms with Crippen molar-refractivity contribution >= 4 is 21.4 Å². The maximum atomic E-state index is 11.9. The molecule has 0 aliphatic heterocycles. The van der Waals surface area contributed by atoms with Crippen LogP contribution in [0, 0.1) is 0 Å². The molecular formula is C9H11ClN2O3S. The number of hydrogen-bond acceptors (Lipinski definition) is 5. The van der Waals surface area contributed by atoms with E-state index in [1.807, 2.05) is 0 Å². The van der Waals surface area contributed by atoms with Gasteiger partial charge in [0.15, 0.2) is 0 Å². The number of rotatable bonds is 3. The molecule has 0 unspecified atom stereocenters. The molecule has 0 aliphatic carbocycles. The van der Waals surface area contributed by atoms with E-state index in [1.165, 1.54) is 24.3 Å². The summed E-state index contributed by atoms with van der Waals surface area (Å²) in [6.45, 7) is 0. The number of nitrogens with two attached hydrogens (primary N) is 2. The van der Waals surface area contributed by atoms with Crippen molar-refractivity contribution in [2.75, 3.05) is 0 Å². The summed E-state index contributed by atoms with van der Waals surface area (Å²) in [5.41, 5.74) is 10.2. The van der Waals surface area contributed by atoms with Gasteiger partial charge in [0.05, 0.1) is 4.90 Å². The Morgan fingerprint density at radius 2 is 1.88 bits per heavy atom. The second-order valence-corrected chi connectivity index (χ2v) is 5.36. The number of hydrogen-bond donors (Lipinski definition) is 3. The van der Waals surface area contributed by atoms with Crippen LogP contribution in [-0.4, -0.2) is 19.8 Å². The molecule has 0 radical (unpaired) electrons. The maximum absolute atomic E-state index is 11.9. The van der Waals surface area contributed by atoms with E-state index in [0.717, 1.165) is 6.20 Å². The van der Waals surface area contributed by atoms with Gasteiger partial charge in [-0.2, -0.15) is 0 Å². The minimum atomic E-state index is -3.86. The maximum Gasteiger partial charge on any atom is 0.208 e. The molecule has 1 aromatic rings. The summed E-state index contributed by atoms with van der Waals surface area (Å²) in [4.78, 5) is -0.479. The highest BCUT2D eigenvalue weighted by Gasteiger charge is 2.24. The molecule has 5 nitrogen and oxygen atoms in total. The summed E-state index contributed by atoms with van der Waals surface area (Å²) in [6.07, 6.45) is -0.875. The van der Waals surface area contributed by atoms with E-state index >= 15 is 0 Å². The first-order valence-electron chi connectivity index (χ1n) is 4.25. The van der Waals surface area contributed by atoms with Crippen LogP contribution in [0.3, 0.4) is 0 Å². The standard InChI is InChI=1S/C9H11ClN2O3S/c10-6-1-3-7(4-2-6)16(14,15)8(5-11)9(12)13/h1-5,9,13H,11-12H2/b8-5+/t9-/m1/s1. The monoisotopic (exact) mass is 262 g/mol. The van der Waals surface area contributed by atoms with Gasteiger partial charge in [-0.25, -0.2) is 8.42 Å². The van der Waals surface area contributed by atoms with Crippen molar-refractivity contribution in [2.45, 2.75) is 11.1 Å². The lowest BCUT2D eigenvalue weighted by molar-refractivity contribution is 0.226. The first-order chi connectivity index (χ1) is 7.39. The number of benzene rings is 1. The van der Waals surface area contributed by atoms with E-state index in [4.69, 9.17) is 28.2 Å². The molecule has 16 heavy (non-hydrogen) atoms. The van der Waals surface area contributed by atoms with Crippen LogP contribution in [0.2, 0.25) is 5.02 Å². The lowest BCUT2D eigenvalue weighted by Gasteiger charge is -2.10. The summed E-state index contributed by atoms with van der Waals surface area (Å²) in [5.74, 6) is 0. The fourth-order valence-corrected chi connectivity index (χ4v) is 2.49. The number of aliphatic hydroxyl groups is 1. The summed E-state index contributed by atoms with van der Waals surface area (Å²) < 4.78 is 23.8. The first kappa shape index (κ1) is 13.0. The molecule has 0 bridgehead atoms. The fourth-order valence-electron chi connectivity index (χ4n) is 1.10. The Morgan fingerprint density at radius 1 is 1.38 bits per heavy atom. The molecule has 0 heterocycles. The summed E-state index contributed by atoms with van der Waals surface area (Å²) in [6, 6.07) is 5.46. The van der Waals surface area contributed by atoms with E-state index in [9.17, 15) is 8.42 Å². The zero-order valence-corrected chi connectivity index (χ0v) is 9.74. The molecule has 88 valence electrons. The molecule has 1 atom stereocenters. The van der Waals surface area contributed by atoms with Gasteiger partial charge in [-0.1, -0.05) is 11.6 Å². The average Bonchev–Trinajstić information content (AvgIpc) is 2.18. The van der Waals surface area contributed by atoms with E-state index < -0.39 is 21.0 Å². The largest absolute Gasteiger partial charge is 0.404 e. The van der Waals surface area contributed by atoms with E-state index in [0.29, 0.717) is 5.02 Å². The quantitative estimate of drug-likeness (QED) is 0.674. The van der Waals surface area contributed by atoms with Gasteiger partial charge < -0.3 is 16.6 Å². The molecule has 7 heteroatoms. The Balaban J connectivity index is 3.27. The van der Waals surface area contributed by atoms with Crippen LogP contribution >= 0.6 is 11.6 Å². The highest BCUT2D eigenvalue weighted by Crippen LogP contribution is 2.21. The van der Waals surface area contributed by atoms with Crippen LogP contribution in [0.1, 0.15) is 0 Å². The number of aliphatic hydroxyl groups excluding tert-OH is 1. The van der Waals surface area contributed by atoms with Crippen LogP contribution in [0.15, 0.2) is 40.3 Å². The van der Waals surface area contributed by atoms with Crippen molar-refractivity contribution in [3.05, 3.63) is 40.4 Å². The molecule has 0 spiro atoms. The van der Waals surface area contributed by atoms with Gasteiger partial charge >= 0.3 is 0 Å². The Kier molecular flexibility index (Phi) is 3.93. The minimum absolute atomic E-state index is 0.0295. The minimum Gasteiger partial charge on any atom is -0.404 e. The Hall–Kier alpha value is -1.08. The van der Waals surface area contributed by atoms with Crippen LogP contribution in [0.25, 0.3) is 0 Å². The Morgan fingerprint density at radius 3 is 2.25 bits per heavy atom. The topological polar surface area (TPSA) is 106 Å².